The summed E-state index contributed by atoms with van der Waals surface area (Å²) < 4.78 is 4.90. The maximum absolute atomic E-state index is 5.59. The lowest BCUT2D eigenvalue weighted by Gasteiger charge is -2.14. The van der Waals surface area contributed by atoms with Crippen LogP contribution in [0.5, 0.6) is 0 Å². The van der Waals surface area contributed by atoms with Crippen molar-refractivity contribution in [2.45, 2.75) is 0 Å². The van der Waals surface area contributed by atoms with Gasteiger partial charge in [0.2, 0.25) is 0 Å². The summed E-state index contributed by atoms with van der Waals surface area (Å²) in [6.07, 6.45) is 1.88. The summed E-state index contributed by atoms with van der Waals surface area (Å²) >= 11 is 1.85. The standard InChI is InChI=1S/C64H37N3S/c1-3-12-45-38(9-1)26-30-55-53(45)33-34-57-62(55)66-64-63-56(60-49-13-4-2-10-39(49)28-35-59(60)68-63)37-58(67(57)64)43-24-22-42(23-25-43)48-32-31-47(50-14-5-6-15-51(48)50)41-20-18-40(19-21-41)46-16-7-17-54-52(46)29-27-44-11-8-36-65-61(44)54/h1-37H. The Morgan fingerprint density at radius 1 is 0.353 bits per heavy atom. The van der Waals surface area contributed by atoms with Crippen molar-refractivity contribution in [3.05, 3.63) is 225 Å². The van der Waals surface area contributed by atoms with Crippen LogP contribution in [-0.2, 0) is 0 Å². The van der Waals surface area contributed by atoms with Gasteiger partial charge < -0.3 is 0 Å². The molecule has 0 unspecified atom stereocenters. The lowest BCUT2D eigenvalue weighted by Crippen LogP contribution is -1.93. The minimum Gasteiger partial charge on any atom is -0.291 e. The van der Waals surface area contributed by atoms with Gasteiger partial charge in [-0.3, -0.25) is 9.38 Å². The molecule has 4 heterocycles. The number of pyridine rings is 2. The second-order valence-electron chi connectivity index (χ2n) is 18.0. The van der Waals surface area contributed by atoms with Crippen LogP contribution in [0, 0.1) is 0 Å². The predicted octanol–water partition coefficient (Wildman–Crippen LogP) is 17.8. The van der Waals surface area contributed by atoms with Gasteiger partial charge in [0, 0.05) is 37.8 Å². The van der Waals surface area contributed by atoms with Crippen LogP contribution < -0.4 is 0 Å². The number of fused-ring (bicyclic) bond motifs is 17. The summed E-state index contributed by atoms with van der Waals surface area (Å²) in [4.78, 5) is 10.3. The third kappa shape index (κ3) is 5.47. The summed E-state index contributed by atoms with van der Waals surface area (Å²) in [6.45, 7) is 0. The molecule has 4 aromatic heterocycles. The zero-order valence-electron chi connectivity index (χ0n) is 36.6. The first-order chi connectivity index (χ1) is 33.7. The molecule has 0 amide bonds. The van der Waals surface area contributed by atoms with Crippen molar-refractivity contribution in [3.63, 3.8) is 0 Å². The highest BCUT2D eigenvalue weighted by atomic mass is 32.1. The van der Waals surface area contributed by atoms with Crippen molar-refractivity contribution in [3.8, 4) is 44.6 Å². The molecule has 0 radical (unpaired) electrons. The number of benzene rings is 11. The van der Waals surface area contributed by atoms with Crippen molar-refractivity contribution in [2.75, 3.05) is 0 Å². The van der Waals surface area contributed by atoms with Gasteiger partial charge >= 0.3 is 0 Å². The van der Waals surface area contributed by atoms with E-state index in [0.29, 0.717) is 0 Å². The van der Waals surface area contributed by atoms with Gasteiger partial charge in [-0.25, -0.2) is 4.98 Å². The molecule has 15 aromatic rings. The normalized spacial score (nSPS) is 12.1. The fraction of sp³-hybridized carbons (Fsp3) is 0. The quantitative estimate of drug-likeness (QED) is 0.165. The van der Waals surface area contributed by atoms with Gasteiger partial charge in [-0.05, 0) is 106 Å². The summed E-state index contributed by atoms with van der Waals surface area (Å²) in [5, 5.41) is 16.0. The Balaban J connectivity index is 0.862. The molecular formula is C64H37N3S. The molecular weight excluding hydrogens is 843 g/mol. The van der Waals surface area contributed by atoms with Crippen molar-refractivity contribution in [1.29, 1.82) is 0 Å². The number of rotatable bonds is 4. The second kappa shape index (κ2) is 14.4. The van der Waals surface area contributed by atoms with Crippen LogP contribution >= 0.6 is 11.3 Å². The van der Waals surface area contributed by atoms with E-state index in [2.05, 4.69) is 217 Å². The van der Waals surface area contributed by atoms with E-state index >= 15 is 0 Å². The summed E-state index contributed by atoms with van der Waals surface area (Å²) in [7, 11) is 0. The van der Waals surface area contributed by atoms with E-state index in [1.54, 1.807) is 0 Å². The molecule has 0 bridgehead atoms. The molecule has 0 aliphatic heterocycles. The van der Waals surface area contributed by atoms with Gasteiger partial charge in [0.05, 0.1) is 26.9 Å². The molecule has 0 aliphatic carbocycles. The average molecular weight is 880 g/mol. The first kappa shape index (κ1) is 37.5. The number of aromatic nitrogens is 3. The fourth-order valence-electron chi connectivity index (χ4n) is 11.2. The second-order valence-corrected chi connectivity index (χ2v) is 19.1. The number of imidazole rings is 1. The van der Waals surface area contributed by atoms with Crippen LogP contribution in [0.15, 0.2) is 225 Å². The number of nitrogens with zero attached hydrogens (tertiary/aromatic N) is 3. The molecule has 15 rings (SSSR count). The van der Waals surface area contributed by atoms with Crippen LogP contribution in [0.25, 0.3) is 146 Å². The average Bonchev–Trinajstić information content (AvgIpc) is 4.00. The zero-order valence-corrected chi connectivity index (χ0v) is 37.4. The molecule has 68 heavy (non-hydrogen) atoms. The lowest BCUT2D eigenvalue weighted by molar-refractivity contribution is 1.25. The molecule has 0 spiro atoms. The Bertz CT molecular complexity index is 4600. The highest BCUT2D eigenvalue weighted by Gasteiger charge is 2.21. The molecule has 0 fully saturated rings. The SMILES string of the molecule is c1ccc2c(c1)ccc1c2ccc2c1nc1c3sc4ccc5ccccc5c4c3cc(-c3ccc(-c4ccc(-c5ccc(-c6cccc7c6ccc6cccnc67)cc5)c5ccccc45)cc3)n21. The van der Waals surface area contributed by atoms with Gasteiger partial charge in [0.25, 0.3) is 0 Å². The highest BCUT2D eigenvalue weighted by molar-refractivity contribution is 7.26. The third-order valence-electron chi connectivity index (χ3n) is 14.4. The molecule has 3 nitrogen and oxygen atoms in total. The van der Waals surface area contributed by atoms with Crippen molar-refractivity contribution in [2.24, 2.45) is 0 Å². The van der Waals surface area contributed by atoms with Crippen molar-refractivity contribution in [1.82, 2.24) is 14.4 Å². The van der Waals surface area contributed by atoms with Crippen molar-refractivity contribution < 1.29 is 0 Å². The van der Waals surface area contributed by atoms with Crippen LogP contribution in [0.3, 0.4) is 0 Å². The molecule has 0 aliphatic rings. The third-order valence-corrected chi connectivity index (χ3v) is 15.6. The smallest absolute Gasteiger partial charge is 0.156 e. The fourth-order valence-corrected chi connectivity index (χ4v) is 12.4. The van der Waals surface area contributed by atoms with E-state index in [1.165, 1.54) is 107 Å². The van der Waals surface area contributed by atoms with Gasteiger partial charge in [-0.15, -0.1) is 11.3 Å². The molecule has 0 saturated heterocycles. The van der Waals surface area contributed by atoms with Gasteiger partial charge in [-0.1, -0.05) is 194 Å². The Hall–Kier alpha value is -8.70. The van der Waals surface area contributed by atoms with Crippen LogP contribution in [0.2, 0.25) is 0 Å². The monoisotopic (exact) mass is 879 g/mol. The molecule has 11 aromatic carbocycles. The lowest BCUT2D eigenvalue weighted by atomic mass is 9.90. The van der Waals surface area contributed by atoms with Gasteiger partial charge in [0.1, 0.15) is 0 Å². The topological polar surface area (TPSA) is 30.2 Å². The maximum atomic E-state index is 5.59. The first-order valence-electron chi connectivity index (χ1n) is 23.2. The van der Waals surface area contributed by atoms with Gasteiger partial charge in [0.15, 0.2) is 5.65 Å². The molecule has 0 saturated carbocycles. The van der Waals surface area contributed by atoms with E-state index in [0.717, 1.165) is 38.8 Å². The van der Waals surface area contributed by atoms with E-state index in [1.807, 2.05) is 23.6 Å². The highest BCUT2D eigenvalue weighted by Crippen LogP contribution is 2.45. The van der Waals surface area contributed by atoms with Crippen LogP contribution in [-0.4, -0.2) is 14.4 Å². The summed E-state index contributed by atoms with van der Waals surface area (Å²) in [6, 6.07) is 80.2. The van der Waals surface area contributed by atoms with E-state index < -0.39 is 0 Å². The van der Waals surface area contributed by atoms with E-state index in [9.17, 15) is 0 Å². The Labute approximate surface area is 394 Å². The van der Waals surface area contributed by atoms with Crippen LogP contribution in [0.4, 0.5) is 0 Å². The van der Waals surface area contributed by atoms with E-state index in [-0.39, 0.29) is 0 Å². The Morgan fingerprint density at radius 2 is 0.897 bits per heavy atom. The summed E-state index contributed by atoms with van der Waals surface area (Å²) in [5.41, 5.74) is 13.7. The minimum atomic E-state index is 1.00. The molecule has 0 N–H and O–H groups in total. The van der Waals surface area contributed by atoms with E-state index in [4.69, 9.17) is 9.97 Å². The molecule has 314 valence electrons. The number of thiophene rings is 1. The number of hydrogen-bond acceptors (Lipinski definition) is 3. The zero-order chi connectivity index (χ0) is 44.5. The number of hydrogen-bond donors (Lipinski definition) is 0. The first-order valence-corrected chi connectivity index (χ1v) is 24.0. The van der Waals surface area contributed by atoms with Gasteiger partial charge in [-0.2, -0.15) is 0 Å². The van der Waals surface area contributed by atoms with Crippen LogP contribution in [0.1, 0.15) is 0 Å². The maximum Gasteiger partial charge on any atom is 0.156 e. The Morgan fingerprint density at radius 3 is 1.65 bits per heavy atom. The molecule has 0 atom stereocenters. The minimum absolute atomic E-state index is 1.00. The van der Waals surface area contributed by atoms with Crippen molar-refractivity contribution >= 4 is 113 Å². The summed E-state index contributed by atoms with van der Waals surface area (Å²) in [5.74, 6) is 0. The predicted molar refractivity (Wildman–Crippen MR) is 290 cm³/mol. The largest absolute Gasteiger partial charge is 0.291 e. The molecule has 4 heteroatoms. The Kier molecular flexibility index (Phi) is 7.94.